The Hall–Kier alpha value is 0.390. The molecule has 92 valence electrons. The lowest BCUT2D eigenvalue weighted by atomic mass is 10.1. The zero-order valence-corrected chi connectivity index (χ0v) is 12.6. The van der Waals surface area contributed by atoms with Gasteiger partial charge in [0.05, 0.1) is 0 Å². The van der Waals surface area contributed by atoms with E-state index in [1.807, 2.05) is 11.3 Å². The van der Waals surface area contributed by atoms with Gasteiger partial charge in [0.1, 0.15) is 0 Å². The van der Waals surface area contributed by atoms with Crippen molar-refractivity contribution in [3.63, 3.8) is 0 Å². The number of piperidine rings is 1. The Morgan fingerprint density at radius 3 is 2.75 bits per heavy atom. The molecule has 2 rings (SSSR count). The number of hydrogen-bond donors (Lipinski definition) is 1. The second-order valence-corrected chi connectivity index (χ2v) is 5.94. The van der Waals surface area contributed by atoms with Crippen molar-refractivity contribution in [3.8, 4) is 0 Å². The Balaban J connectivity index is 0.00000128. The zero-order chi connectivity index (χ0) is 10.7. The van der Waals surface area contributed by atoms with Crippen LogP contribution in [0.2, 0.25) is 0 Å². The Morgan fingerprint density at radius 1 is 1.50 bits per heavy atom. The van der Waals surface area contributed by atoms with Crippen molar-refractivity contribution in [1.29, 1.82) is 0 Å². The lowest BCUT2D eigenvalue weighted by Gasteiger charge is -2.31. The molecule has 2 nitrogen and oxygen atoms in total. The summed E-state index contributed by atoms with van der Waals surface area (Å²) in [6.07, 6.45) is 2.55. The van der Waals surface area contributed by atoms with Crippen LogP contribution in [0.4, 0.5) is 0 Å². The Labute approximate surface area is 116 Å². The standard InChI is InChI=1S/C11H17BrN2S.ClH/c1-14(9-2-5-13-6-3-9)8-11-10(12)4-7-15-11;/h4,7,9,13H,2-3,5-6,8H2,1H3;1H. The van der Waals surface area contributed by atoms with Gasteiger partial charge in [0.2, 0.25) is 0 Å². The lowest BCUT2D eigenvalue weighted by molar-refractivity contribution is 0.193. The fourth-order valence-corrected chi connectivity index (χ4v) is 3.58. The Bertz CT molecular complexity index is 313. The molecule has 1 aromatic rings. The molecule has 16 heavy (non-hydrogen) atoms. The molecule has 1 aliphatic heterocycles. The summed E-state index contributed by atoms with van der Waals surface area (Å²) in [5, 5.41) is 5.56. The van der Waals surface area contributed by atoms with E-state index in [0.717, 1.165) is 12.6 Å². The molecule has 0 saturated carbocycles. The van der Waals surface area contributed by atoms with Crippen LogP contribution in [0, 0.1) is 0 Å². The highest BCUT2D eigenvalue weighted by Gasteiger charge is 2.18. The predicted octanol–water partition coefficient (Wildman–Crippen LogP) is 3.12. The topological polar surface area (TPSA) is 15.3 Å². The maximum Gasteiger partial charge on any atom is 0.0339 e. The van der Waals surface area contributed by atoms with E-state index < -0.39 is 0 Å². The van der Waals surface area contributed by atoms with Crippen LogP contribution in [0.3, 0.4) is 0 Å². The van der Waals surface area contributed by atoms with Crippen LogP contribution in [-0.2, 0) is 6.54 Å². The first kappa shape index (κ1) is 14.5. The van der Waals surface area contributed by atoms with E-state index in [1.54, 1.807) is 0 Å². The van der Waals surface area contributed by atoms with Crippen molar-refractivity contribution in [3.05, 3.63) is 20.8 Å². The van der Waals surface area contributed by atoms with Crippen molar-refractivity contribution < 1.29 is 0 Å². The van der Waals surface area contributed by atoms with Crippen LogP contribution in [-0.4, -0.2) is 31.1 Å². The highest BCUT2D eigenvalue weighted by Crippen LogP contribution is 2.25. The average molecular weight is 326 g/mol. The number of nitrogens with zero attached hydrogens (tertiary/aromatic N) is 1. The van der Waals surface area contributed by atoms with Gasteiger partial charge < -0.3 is 5.32 Å². The first-order chi connectivity index (χ1) is 7.27. The molecule has 0 aliphatic carbocycles. The summed E-state index contributed by atoms with van der Waals surface area (Å²) < 4.78 is 1.26. The summed E-state index contributed by atoms with van der Waals surface area (Å²) in [6.45, 7) is 3.41. The molecule has 1 aromatic heterocycles. The van der Waals surface area contributed by atoms with Crippen molar-refractivity contribution in [2.24, 2.45) is 0 Å². The van der Waals surface area contributed by atoms with Crippen LogP contribution < -0.4 is 5.32 Å². The molecule has 0 unspecified atom stereocenters. The van der Waals surface area contributed by atoms with Gasteiger partial charge >= 0.3 is 0 Å². The number of halogens is 2. The van der Waals surface area contributed by atoms with Crippen molar-refractivity contribution in [1.82, 2.24) is 10.2 Å². The van der Waals surface area contributed by atoms with Crippen LogP contribution in [0.25, 0.3) is 0 Å². The smallest absolute Gasteiger partial charge is 0.0339 e. The van der Waals surface area contributed by atoms with Gasteiger partial charge in [-0.15, -0.1) is 23.7 Å². The summed E-state index contributed by atoms with van der Waals surface area (Å²) in [5.41, 5.74) is 0. The number of rotatable bonds is 3. The molecular weight excluding hydrogens is 308 g/mol. The number of thiophene rings is 1. The average Bonchev–Trinajstić information content (AvgIpc) is 2.66. The van der Waals surface area contributed by atoms with E-state index in [4.69, 9.17) is 0 Å². The first-order valence-electron chi connectivity index (χ1n) is 5.40. The summed E-state index contributed by atoms with van der Waals surface area (Å²) in [7, 11) is 2.24. The van der Waals surface area contributed by atoms with E-state index >= 15 is 0 Å². The summed E-state index contributed by atoms with van der Waals surface area (Å²) in [4.78, 5) is 3.92. The molecule has 5 heteroatoms. The minimum Gasteiger partial charge on any atom is -0.317 e. The van der Waals surface area contributed by atoms with E-state index in [2.05, 4.69) is 44.6 Å². The fraction of sp³-hybridized carbons (Fsp3) is 0.636. The number of hydrogen-bond acceptors (Lipinski definition) is 3. The van der Waals surface area contributed by atoms with Crippen molar-refractivity contribution >= 4 is 39.7 Å². The molecule has 1 saturated heterocycles. The molecule has 2 heterocycles. The highest BCUT2D eigenvalue weighted by molar-refractivity contribution is 9.10. The van der Waals surface area contributed by atoms with E-state index in [-0.39, 0.29) is 12.4 Å². The Morgan fingerprint density at radius 2 is 2.19 bits per heavy atom. The van der Waals surface area contributed by atoms with Gasteiger partial charge in [0.15, 0.2) is 0 Å². The third-order valence-corrected chi connectivity index (χ3v) is 4.93. The van der Waals surface area contributed by atoms with Crippen LogP contribution in [0.15, 0.2) is 15.9 Å². The van der Waals surface area contributed by atoms with Gasteiger partial charge in [0, 0.05) is 21.9 Å². The van der Waals surface area contributed by atoms with Crippen LogP contribution >= 0.6 is 39.7 Å². The van der Waals surface area contributed by atoms with E-state index in [0.29, 0.717) is 0 Å². The molecule has 0 aromatic carbocycles. The molecule has 0 amide bonds. The van der Waals surface area contributed by atoms with Crippen molar-refractivity contribution in [2.75, 3.05) is 20.1 Å². The monoisotopic (exact) mass is 324 g/mol. The Kier molecular flexibility index (Phi) is 6.29. The van der Waals surface area contributed by atoms with Gasteiger partial charge in [-0.05, 0) is 60.4 Å². The van der Waals surface area contributed by atoms with Gasteiger partial charge in [-0.3, -0.25) is 4.90 Å². The molecule has 0 spiro atoms. The first-order valence-corrected chi connectivity index (χ1v) is 7.07. The zero-order valence-electron chi connectivity index (χ0n) is 9.41. The predicted molar refractivity (Wildman–Crippen MR) is 76.6 cm³/mol. The largest absolute Gasteiger partial charge is 0.317 e. The van der Waals surface area contributed by atoms with Crippen LogP contribution in [0.1, 0.15) is 17.7 Å². The van der Waals surface area contributed by atoms with Gasteiger partial charge in [-0.2, -0.15) is 0 Å². The van der Waals surface area contributed by atoms with E-state index in [9.17, 15) is 0 Å². The third kappa shape index (κ3) is 3.70. The van der Waals surface area contributed by atoms with Gasteiger partial charge in [0.25, 0.3) is 0 Å². The molecule has 0 bridgehead atoms. The van der Waals surface area contributed by atoms with Crippen molar-refractivity contribution in [2.45, 2.75) is 25.4 Å². The van der Waals surface area contributed by atoms with Gasteiger partial charge in [-0.25, -0.2) is 0 Å². The lowest BCUT2D eigenvalue weighted by Crippen LogP contribution is -2.40. The van der Waals surface area contributed by atoms with E-state index in [1.165, 1.54) is 35.3 Å². The fourth-order valence-electron chi connectivity index (χ4n) is 2.04. The molecule has 1 N–H and O–H groups in total. The second kappa shape index (κ2) is 6.97. The highest BCUT2D eigenvalue weighted by atomic mass is 79.9. The third-order valence-electron chi connectivity index (χ3n) is 3.02. The molecule has 1 fully saturated rings. The molecular formula is C11H18BrClN2S. The second-order valence-electron chi connectivity index (χ2n) is 4.09. The summed E-state index contributed by atoms with van der Waals surface area (Å²) >= 11 is 5.43. The SMILES string of the molecule is CN(Cc1sccc1Br)C1CCNCC1.Cl. The maximum atomic E-state index is 3.59. The molecule has 1 aliphatic rings. The minimum atomic E-state index is 0. The van der Waals surface area contributed by atoms with Gasteiger partial charge in [-0.1, -0.05) is 0 Å². The molecule has 0 atom stereocenters. The quantitative estimate of drug-likeness (QED) is 0.918. The van der Waals surface area contributed by atoms with Crippen LogP contribution in [0.5, 0.6) is 0 Å². The minimum absolute atomic E-state index is 0. The molecule has 0 radical (unpaired) electrons. The maximum absolute atomic E-state index is 3.59. The summed E-state index contributed by atoms with van der Waals surface area (Å²) in [6, 6.07) is 2.89. The normalized spacial score (nSPS) is 17.4. The number of nitrogens with one attached hydrogen (secondary N) is 1. The summed E-state index contributed by atoms with van der Waals surface area (Å²) in [5.74, 6) is 0.